The fourth-order valence-corrected chi connectivity index (χ4v) is 6.25. The van der Waals surface area contributed by atoms with Crippen molar-refractivity contribution < 1.29 is 23.8 Å². The lowest BCUT2D eigenvalue weighted by molar-refractivity contribution is -0.141. The summed E-state index contributed by atoms with van der Waals surface area (Å²) < 4.78 is 18.9. The Morgan fingerprint density at radius 2 is 1.67 bits per heavy atom. The maximum Gasteiger partial charge on any atom is 0.328 e. The second-order valence-electron chi connectivity index (χ2n) is 12.8. The normalized spacial score (nSPS) is 17.6. The van der Waals surface area contributed by atoms with Crippen LogP contribution in [0.5, 0.6) is 0 Å². The number of hydrogen-bond donors (Lipinski definition) is 5. The average molecular weight is 735 g/mol. The molecule has 2 aromatic heterocycles. The molecular weight excluding hydrogens is 695 g/mol. The van der Waals surface area contributed by atoms with Crippen molar-refractivity contribution >= 4 is 58.9 Å². The van der Waals surface area contributed by atoms with E-state index in [1.165, 1.54) is 31.7 Å². The number of aromatic amines is 1. The van der Waals surface area contributed by atoms with Crippen LogP contribution in [0.25, 0.3) is 11.0 Å². The van der Waals surface area contributed by atoms with E-state index in [0.29, 0.717) is 56.0 Å². The predicted octanol–water partition coefficient (Wildman–Crippen LogP) is 2.93. The van der Waals surface area contributed by atoms with Crippen LogP contribution in [0.3, 0.4) is 0 Å². The zero-order chi connectivity index (χ0) is 37.4. The zero-order valence-electron chi connectivity index (χ0n) is 29.4. The van der Waals surface area contributed by atoms with E-state index in [1.54, 1.807) is 11.0 Å². The van der Waals surface area contributed by atoms with Gasteiger partial charge in [0, 0.05) is 57.3 Å². The number of halogens is 1. The van der Waals surface area contributed by atoms with E-state index >= 15 is 0 Å². The van der Waals surface area contributed by atoms with Crippen molar-refractivity contribution in [1.82, 2.24) is 34.7 Å². The number of anilines is 4. The molecule has 7 rings (SSSR count). The molecule has 17 heteroatoms. The van der Waals surface area contributed by atoms with E-state index < -0.39 is 24.3 Å². The van der Waals surface area contributed by atoms with Gasteiger partial charge in [0.1, 0.15) is 17.7 Å². The van der Waals surface area contributed by atoms with Gasteiger partial charge in [0.15, 0.2) is 12.3 Å². The first kappa shape index (κ1) is 36.0. The number of carbonyl (C=O) groups is 2. The lowest BCUT2D eigenvalue weighted by Gasteiger charge is -2.36. The molecule has 2 aliphatic heterocycles. The number of nitrogens with zero attached hydrogens (tertiary/aromatic N) is 8. The van der Waals surface area contributed by atoms with Crippen LogP contribution >= 0.6 is 0 Å². The number of hydrogen-bond acceptors (Lipinski definition) is 14. The molecule has 4 heterocycles. The van der Waals surface area contributed by atoms with Gasteiger partial charge in [0.25, 0.3) is 5.91 Å². The van der Waals surface area contributed by atoms with Crippen LogP contribution in [-0.2, 0) is 33.8 Å². The van der Waals surface area contributed by atoms with Crippen molar-refractivity contribution in [2.24, 2.45) is 9.98 Å². The number of benzene rings is 3. The number of aliphatic hydroxyl groups excluding tert-OH is 1. The van der Waals surface area contributed by atoms with Gasteiger partial charge < -0.3 is 35.7 Å². The van der Waals surface area contributed by atoms with Crippen LogP contribution in [0.15, 0.2) is 82.8 Å². The van der Waals surface area contributed by atoms with Gasteiger partial charge in [0.2, 0.25) is 17.8 Å². The number of aliphatic hydroxyl groups is 1. The Morgan fingerprint density at radius 1 is 0.907 bits per heavy atom. The maximum atomic E-state index is 13.8. The van der Waals surface area contributed by atoms with Crippen LogP contribution in [0, 0.1) is 5.82 Å². The number of piperazine rings is 1. The highest BCUT2D eigenvalue weighted by atomic mass is 19.1. The highest BCUT2D eigenvalue weighted by molar-refractivity contribution is 6.17. The van der Waals surface area contributed by atoms with Gasteiger partial charge in [-0.3, -0.25) is 19.7 Å². The number of imidazole rings is 1. The number of amides is 1. The van der Waals surface area contributed by atoms with Crippen LogP contribution in [0.2, 0.25) is 0 Å². The van der Waals surface area contributed by atoms with E-state index in [9.17, 15) is 19.1 Å². The Balaban J connectivity index is 1.06. The minimum atomic E-state index is -1.16. The molecule has 3 atom stereocenters. The summed E-state index contributed by atoms with van der Waals surface area (Å²) in [5, 5.41) is 19.6. The molecule has 2 unspecified atom stereocenters. The Labute approximate surface area is 309 Å². The lowest BCUT2D eigenvalue weighted by Crippen LogP contribution is -2.53. The van der Waals surface area contributed by atoms with Crippen molar-refractivity contribution in [3.05, 3.63) is 95.6 Å². The van der Waals surface area contributed by atoms with Crippen LogP contribution in [0.1, 0.15) is 17.0 Å². The number of rotatable bonds is 13. The van der Waals surface area contributed by atoms with Gasteiger partial charge in [-0.05, 0) is 41.5 Å². The third-order valence-electron chi connectivity index (χ3n) is 8.97. The highest BCUT2D eigenvalue weighted by Crippen LogP contribution is 2.21. The van der Waals surface area contributed by atoms with Gasteiger partial charge in [-0.15, -0.1) is 0 Å². The third-order valence-corrected chi connectivity index (χ3v) is 8.97. The molecule has 5 N–H and O–H groups in total. The molecular formula is C37H39FN12O4. The first-order valence-electron chi connectivity index (χ1n) is 17.4. The second kappa shape index (κ2) is 16.6. The number of H-pyrrole nitrogens is 1. The molecule has 0 spiro atoms. The van der Waals surface area contributed by atoms with E-state index in [4.69, 9.17) is 4.74 Å². The van der Waals surface area contributed by atoms with Crippen molar-refractivity contribution in [1.29, 1.82) is 0 Å². The predicted molar refractivity (Wildman–Crippen MR) is 201 cm³/mol. The summed E-state index contributed by atoms with van der Waals surface area (Å²) in [6.45, 7) is 3.17. The first-order valence-corrected chi connectivity index (χ1v) is 17.4. The molecule has 2 aliphatic rings. The fourth-order valence-electron chi connectivity index (χ4n) is 6.25. The fraction of sp³-hybridized carbons (Fsp3) is 0.297. The van der Waals surface area contributed by atoms with Crippen molar-refractivity contribution in [3.63, 3.8) is 0 Å². The van der Waals surface area contributed by atoms with Gasteiger partial charge >= 0.3 is 5.97 Å². The highest BCUT2D eigenvalue weighted by Gasteiger charge is 2.32. The molecule has 3 aromatic carbocycles. The van der Waals surface area contributed by atoms with E-state index in [2.05, 4.69) is 55.8 Å². The summed E-state index contributed by atoms with van der Waals surface area (Å²) in [7, 11) is 1.33. The molecule has 0 bridgehead atoms. The number of nitrogens with one attached hydrogen (secondary N) is 4. The molecule has 278 valence electrons. The number of esters is 1. The number of fused-ring (bicyclic) bond motifs is 1. The van der Waals surface area contributed by atoms with E-state index in [1.807, 2.05) is 54.6 Å². The summed E-state index contributed by atoms with van der Waals surface area (Å²) in [5.74, 6) is 0.0141. The summed E-state index contributed by atoms with van der Waals surface area (Å²) >= 11 is 0. The Morgan fingerprint density at radius 3 is 2.46 bits per heavy atom. The number of carbonyl (C=O) groups excluding carboxylic acids is 2. The topological polar surface area (TPSA) is 198 Å². The summed E-state index contributed by atoms with van der Waals surface area (Å²) in [6, 6.07) is 20.0. The molecule has 16 nitrogen and oxygen atoms in total. The van der Waals surface area contributed by atoms with Gasteiger partial charge in [-0.2, -0.15) is 15.0 Å². The zero-order valence-corrected chi connectivity index (χ0v) is 29.4. The van der Waals surface area contributed by atoms with Crippen molar-refractivity contribution in [2.75, 3.05) is 49.2 Å². The molecule has 1 amide bonds. The van der Waals surface area contributed by atoms with Crippen molar-refractivity contribution in [3.8, 4) is 0 Å². The summed E-state index contributed by atoms with van der Waals surface area (Å²) in [5.41, 5.74) is 3.86. The smallest absolute Gasteiger partial charge is 0.328 e. The molecule has 0 aliphatic carbocycles. The Hall–Kier alpha value is -6.33. The number of ether oxygens (including phenoxy) is 1. The van der Waals surface area contributed by atoms with E-state index in [-0.39, 0.29) is 36.1 Å². The molecule has 0 radical (unpaired) electrons. The second-order valence-corrected chi connectivity index (χ2v) is 12.8. The molecule has 5 aromatic rings. The van der Waals surface area contributed by atoms with Crippen LogP contribution < -0.4 is 16.0 Å². The standard InChI is InChI=1S/C37H39FN12O4/c1-54-34(53)29(19-23-6-3-2-4-7-23)45-37-47-35(41-21-30-43-27-11-10-25(38)20-28(27)44-30)46-36(48-37)42-26-9-5-8-24(18-26)22-49-14-16-50(17-15-49)33(52)31-32(51)40-13-12-39-31/h2-13,18,20,29,31-32,51H,14-17,19,21-22H2,1H3,(H,43,44)(H3,41,42,45,46,47,48)/t29-,31?,32?/m0/s1. The minimum Gasteiger partial charge on any atom is -0.467 e. The van der Waals surface area contributed by atoms with Crippen molar-refractivity contribution in [2.45, 2.75) is 37.8 Å². The molecule has 54 heavy (non-hydrogen) atoms. The quantitative estimate of drug-likeness (QED) is 0.111. The third kappa shape index (κ3) is 8.99. The maximum absolute atomic E-state index is 13.8. The minimum absolute atomic E-state index is 0.134. The van der Waals surface area contributed by atoms with Gasteiger partial charge in [-0.1, -0.05) is 42.5 Å². The first-order chi connectivity index (χ1) is 26.3. The van der Waals surface area contributed by atoms with E-state index in [0.717, 1.165) is 16.8 Å². The van der Waals surface area contributed by atoms with Crippen LogP contribution in [0.4, 0.5) is 27.9 Å². The number of aliphatic imine (C=N–C) groups is 2. The van der Waals surface area contributed by atoms with Gasteiger partial charge in [0.05, 0.1) is 24.7 Å². The average Bonchev–Trinajstić information content (AvgIpc) is 3.59. The molecule has 1 saturated heterocycles. The monoisotopic (exact) mass is 734 g/mol. The number of methoxy groups -OCH3 is 1. The lowest BCUT2D eigenvalue weighted by atomic mass is 10.1. The summed E-state index contributed by atoms with van der Waals surface area (Å²) in [4.78, 5) is 59.1. The Bertz CT molecular complexity index is 2160. The number of aromatic nitrogens is 5. The Kier molecular flexibility index (Phi) is 11.1. The van der Waals surface area contributed by atoms with Crippen LogP contribution in [-0.4, -0.2) is 116 Å². The summed E-state index contributed by atoms with van der Waals surface area (Å²) in [6.07, 6.45) is 2.00. The largest absolute Gasteiger partial charge is 0.467 e. The van der Waals surface area contributed by atoms with Gasteiger partial charge in [-0.25, -0.2) is 14.2 Å². The molecule has 1 fully saturated rings. The molecule has 0 saturated carbocycles. The SMILES string of the molecule is COC(=O)[C@H](Cc1ccccc1)Nc1nc(NCc2nc3ccc(F)cc3[nH]2)nc(Nc2cccc(CN3CCN(C(=O)C4N=CC=NC4O)CC3)c2)n1.